The van der Waals surface area contributed by atoms with Crippen LogP contribution in [0.15, 0.2) is 48.7 Å². The molecular formula is C20H24N12O. The molecule has 0 aliphatic rings. The zero-order valence-corrected chi connectivity index (χ0v) is 17.9. The van der Waals surface area contributed by atoms with Gasteiger partial charge in [-0.25, -0.2) is 4.98 Å². The summed E-state index contributed by atoms with van der Waals surface area (Å²) in [5, 5.41) is 21.1. The summed E-state index contributed by atoms with van der Waals surface area (Å²) in [6.07, 6.45) is 2.06. The van der Waals surface area contributed by atoms with Crippen molar-refractivity contribution in [1.82, 2.24) is 34.9 Å². The van der Waals surface area contributed by atoms with Gasteiger partial charge in [-0.3, -0.25) is 32.1 Å². The average molecular weight is 448 g/mol. The van der Waals surface area contributed by atoms with Gasteiger partial charge in [0.25, 0.3) is 0 Å². The molecule has 0 saturated carbocycles. The summed E-state index contributed by atoms with van der Waals surface area (Å²) >= 11 is 0. The van der Waals surface area contributed by atoms with E-state index < -0.39 is 5.79 Å². The van der Waals surface area contributed by atoms with E-state index in [1.54, 1.807) is 42.1 Å². The van der Waals surface area contributed by atoms with E-state index in [-0.39, 0.29) is 12.5 Å². The highest BCUT2D eigenvalue weighted by Gasteiger charge is 2.16. The number of aromatic amines is 1. The minimum atomic E-state index is -1.49. The molecule has 9 N–H and O–H groups in total. The quantitative estimate of drug-likeness (QED) is 0.193. The molecule has 0 atom stereocenters. The normalized spacial score (nSPS) is 11.4. The van der Waals surface area contributed by atoms with Gasteiger partial charge >= 0.3 is 0 Å². The first-order valence-corrected chi connectivity index (χ1v) is 10.0. The molecule has 1 aromatic carbocycles. The van der Waals surface area contributed by atoms with E-state index in [9.17, 15) is 4.79 Å². The van der Waals surface area contributed by atoms with Gasteiger partial charge in [0.05, 0.1) is 13.0 Å². The van der Waals surface area contributed by atoms with Crippen LogP contribution in [0.5, 0.6) is 0 Å². The largest absolute Gasteiger partial charge is 0.345 e. The molecule has 4 aromatic rings. The topological polar surface area (TPSA) is 204 Å². The van der Waals surface area contributed by atoms with Crippen LogP contribution in [0, 0.1) is 0 Å². The van der Waals surface area contributed by atoms with Crippen LogP contribution >= 0.6 is 0 Å². The first-order chi connectivity index (χ1) is 15.8. The van der Waals surface area contributed by atoms with Crippen molar-refractivity contribution in [1.29, 1.82) is 0 Å². The molecule has 33 heavy (non-hydrogen) atoms. The highest BCUT2D eigenvalue weighted by atomic mass is 16.1. The van der Waals surface area contributed by atoms with Gasteiger partial charge < -0.3 is 15.2 Å². The number of benzene rings is 1. The predicted molar refractivity (Wildman–Crippen MR) is 121 cm³/mol. The summed E-state index contributed by atoms with van der Waals surface area (Å²) < 4.78 is 1.74. The molecule has 13 heteroatoms. The van der Waals surface area contributed by atoms with E-state index in [1.165, 1.54) is 0 Å². The van der Waals surface area contributed by atoms with Gasteiger partial charge in [-0.15, -0.1) is 10.2 Å². The SMILES string of the molecule is Cn1c(Cc2nc(-c3ccccn3)n[nH]2)nnc1NCC(=O)Nc1cccc(C(N)(N)N)c1. The van der Waals surface area contributed by atoms with Crippen LogP contribution in [0.2, 0.25) is 0 Å². The molecular weight excluding hydrogens is 424 g/mol. The fourth-order valence-electron chi connectivity index (χ4n) is 3.03. The summed E-state index contributed by atoms with van der Waals surface area (Å²) in [6.45, 7) is -0.0264. The van der Waals surface area contributed by atoms with Crippen molar-refractivity contribution in [2.45, 2.75) is 12.2 Å². The number of carbonyl (C=O) groups is 1. The zero-order chi connectivity index (χ0) is 23.4. The van der Waals surface area contributed by atoms with Crippen LogP contribution in [-0.2, 0) is 24.0 Å². The standard InChI is InChI=1S/C20H24N12O/c1-32-16(10-15-27-18(30-28-15)14-7-2-3-8-24-14)29-31-19(32)25-11-17(33)26-13-6-4-5-12(9-13)20(21,22)23/h2-9H,10-11,21-23H2,1H3,(H,25,31)(H,26,33)(H,27,28,30). The highest BCUT2D eigenvalue weighted by molar-refractivity contribution is 5.93. The van der Waals surface area contributed by atoms with Crippen LogP contribution in [0.25, 0.3) is 11.5 Å². The molecule has 3 aromatic heterocycles. The number of rotatable bonds is 8. The Hall–Kier alpha value is -4.20. The number of hydrogen-bond donors (Lipinski definition) is 6. The predicted octanol–water partition coefficient (Wildman–Crippen LogP) is -0.377. The fourth-order valence-corrected chi connectivity index (χ4v) is 3.03. The summed E-state index contributed by atoms with van der Waals surface area (Å²) in [7, 11) is 1.79. The number of nitrogens with one attached hydrogen (secondary N) is 3. The Labute approximate surface area is 188 Å². The highest BCUT2D eigenvalue weighted by Crippen LogP contribution is 2.15. The minimum absolute atomic E-state index is 0.0264. The van der Waals surface area contributed by atoms with E-state index in [0.29, 0.717) is 46.8 Å². The molecule has 0 unspecified atom stereocenters. The molecule has 13 nitrogen and oxygen atoms in total. The summed E-state index contributed by atoms with van der Waals surface area (Å²) in [4.78, 5) is 21.0. The van der Waals surface area contributed by atoms with Crippen molar-refractivity contribution in [3.05, 3.63) is 65.9 Å². The molecule has 0 aliphatic carbocycles. The number of hydrogen-bond acceptors (Lipinski definition) is 10. The van der Waals surface area contributed by atoms with E-state index >= 15 is 0 Å². The lowest BCUT2D eigenvalue weighted by molar-refractivity contribution is -0.114. The number of H-pyrrole nitrogens is 1. The minimum Gasteiger partial charge on any atom is -0.345 e. The Morgan fingerprint density at radius 2 is 2.00 bits per heavy atom. The van der Waals surface area contributed by atoms with Crippen LogP contribution in [-0.4, -0.2) is 47.4 Å². The number of amides is 1. The maximum Gasteiger partial charge on any atom is 0.243 e. The van der Waals surface area contributed by atoms with Crippen LogP contribution < -0.4 is 27.8 Å². The summed E-state index contributed by atoms with van der Waals surface area (Å²) in [6, 6.07) is 12.2. The molecule has 0 fully saturated rings. The maximum atomic E-state index is 12.3. The van der Waals surface area contributed by atoms with Gasteiger partial charge in [-0.05, 0) is 24.3 Å². The molecule has 0 spiro atoms. The molecule has 0 bridgehead atoms. The number of carbonyl (C=O) groups excluding carboxylic acids is 1. The third kappa shape index (κ3) is 5.35. The third-order valence-corrected chi connectivity index (χ3v) is 4.77. The lowest BCUT2D eigenvalue weighted by Gasteiger charge is -2.19. The molecule has 1 amide bonds. The zero-order valence-electron chi connectivity index (χ0n) is 17.9. The average Bonchev–Trinajstić information content (AvgIpc) is 3.40. The monoisotopic (exact) mass is 448 g/mol. The van der Waals surface area contributed by atoms with E-state index in [2.05, 4.69) is 41.0 Å². The molecule has 0 aliphatic heterocycles. The number of nitrogens with two attached hydrogens (primary N) is 3. The van der Waals surface area contributed by atoms with Gasteiger partial charge in [0, 0.05) is 24.5 Å². The maximum absolute atomic E-state index is 12.3. The Morgan fingerprint density at radius 3 is 2.76 bits per heavy atom. The molecule has 4 rings (SSSR count). The van der Waals surface area contributed by atoms with Gasteiger partial charge in [-0.2, -0.15) is 5.10 Å². The Balaban J connectivity index is 1.35. The molecule has 0 radical (unpaired) electrons. The Bertz CT molecular complexity index is 1240. The van der Waals surface area contributed by atoms with Crippen molar-refractivity contribution < 1.29 is 4.79 Å². The number of nitrogens with zero attached hydrogens (tertiary/aromatic N) is 6. The van der Waals surface area contributed by atoms with E-state index in [4.69, 9.17) is 17.2 Å². The van der Waals surface area contributed by atoms with Crippen LogP contribution in [0.3, 0.4) is 0 Å². The van der Waals surface area contributed by atoms with Crippen LogP contribution in [0.1, 0.15) is 17.2 Å². The van der Waals surface area contributed by atoms with Crippen molar-refractivity contribution in [3.8, 4) is 11.5 Å². The second-order valence-electron chi connectivity index (χ2n) is 7.41. The first-order valence-electron chi connectivity index (χ1n) is 10.0. The van der Waals surface area contributed by atoms with Crippen molar-refractivity contribution in [3.63, 3.8) is 0 Å². The number of pyridine rings is 1. The molecule has 3 heterocycles. The van der Waals surface area contributed by atoms with Crippen LogP contribution in [0.4, 0.5) is 11.6 Å². The lowest BCUT2D eigenvalue weighted by atomic mass is 10.1. The fraction of sp³-hybridized carbons (Fsp3) is 0.200. The first kappa shape index (κ1) is 22.0. The molecule has 170 valence electrons. The van der Waals surface area contributed by atoms with E-state index in [0.717, 1.165) is 0 Å². The lowest BCUT2D eigenvalue weighted by Crippen LogP contribution is -2.54. The van der Waals surface area contributed by atoms with Gasteiger partial charge in [0.2, 0.25) is 11.9 Å². The number of anilines is 2. The summed E-state index contributed by atoms with van der Waals surface area (Å²) in [5.41, 5.74) is 18.8. The van der Waals surface area contributed by atoms with Gasteiger partial charge in [0.1, 0.15) is 23.1 Å². The van der Waals surface area contributed by atoms with Gasteiger partial charge in [0.15, 0.2) is 5.82 Å². The van der Waals surface area contributed by atoms with Crippen molar-refractivity contribution in [2.24, 2.45) is 24.2 Å². The van der Waals surface area contributed by atoms with Crippen molar-refractivity contribution >= 4 is 17.5 Å². The van der Waals surface area contributed by atoms with Crippen molar-refractivity contribution in [2.75, 3.05) is 17.2 Å². The third-order valence-electron chi connectivity index (χ3n) is 4.77. The smallest absolute Gasteiger partial charge is 0.243 e. The summed E-state index contributed by atoms with van der Waals surface area (Å²) in [5.74, 6) is 0.413. The second kappa shape index (κ2) is 9.12. The number of aromatic nitrogens is 7. The second-order valence-corrected chi connectivity index (χ2v) is 7.41. The Morgan fingerprint density at radius 1 is 1.15 bits per heavy atom. The van der Waals surface area contributed by atoms with E-state index in [1.807, 2.05) is 18.2 Å². The molecule has 0 saturated heterocycles. The Kier molecular flexibility index (Phi) is 6.08. The van der Waals surface area contributed by atoms with Gasteiger partial charge in [-0.1, -0.05) is 18.2 Å².